The Morgan fingerprint density at radius 2 is 2.04 bits per heavy atom. The highest BCUT2D eigenvalue weighted by Gasteiger charge is 2.12. The van der Waals surface area contributed by atoms with Gasteiger partial charge in [0.2, 0.25) is 11.6 Å². The number of nitrogens with one attached hydrogen (secondary N) is 1. The molecule has 0 bridgehead atoms. The van der Waals surface area contributed by atoms with Crippen LogP contribution in [-0.4, -0.2) is 12.1 Å². The Morgan fingerprint density at radius 1 is 1.22 bits per heavy atom. The van der Waals surface area contributed by atoms with Crippen LogP contribution in [0.15, 0.2) is 46.9 Å². The maximum absolute atomic E-state index is 13.7. The second-order valence-corrected chi connectivity index (χ2v) is 5.74. The molecule has 0 aliphatic heterocycles. The number of ether oxygens (including phenoxy) is 2. The Morgan fingerprint density at radius 3 is 2.78 bits per heavy atom. The molecule has 1 N–H and O–H groups in total. The molecule has 0 fully saturated rings. The molecule has 3 rings (SSSR count). The van der Waals surface area contributed by atoms with Crippen LogP contribution < -0.4 is 14.8 Å². The van der Waals surface area contributed by atoms with Crippen molar-refractivity contribution in [2.24, 2.45) is 0 Å². The molecule has 0 spiro atoms. The summed E-state index contributed by atoms with van der Waals surface area (Å²) in [4.78, 5) is 3.98. The van der Waals surface area contributed by atoms with Gasteiger partial charge in [0.1, 0.15) is 18.5 Å². The van der Waals surface area contributed by atoms with Gasteiger partial charge in [-0.15, -0.1) is 0 Å². The zero-order valence-electron chi connectivity index (χ0n) is 15.0. The molecule has 27 heavy (non-hydrogen) atoms. The molecule has 3 aromatic rings. The smallest absolute Gasteiger partial charge is 0.232 e. The van der Waals surface area contributed by atoms with Gasteiger partial charge >= 0.3 is 0 Å². The van der Waals surface area contributed by atoms with E-state index in [0.29, 0.717) is 35.4 Å². The van der Waals surface area contributed by atoms with Crippen LogP contribution in [0.1, 0.15) is 22.7 Å². The number of methoxy groups -OCH3 is 1. The average Bonchev–Trinajstić information content (AvgIpc) is 3.05. The first-order chi connectivity index (χ1) is 13.1. The first-order valence-corrected chi connectivity index (χ1v) is 8.25. The van der Waals surface area contributed by atoms with E-state index in [1.807, 2.05) is 12.1 Å². The number of hydrogen-bond donors (Lipinski definition) is 1. The lowest BCUT2D eigenvalue weighted by Crippen LogP contribution is -2.03. The third kappa shape index (κ3) is 4.36. The van der Waals surface area contributed by atoms with Crippen molar-refractivity contribution >= 4 is 5.88 Å². The van der Waals surface area contributed by atoms with Gasteiger partial charge in [-0.2, -0.15) is 5.26 Å². The van der Waals surface area contributed by atoms with E-state index in [-0.39, 0.29) is 18.1 Å². The zero-order valence-corrected chi connectivity index (χ0v) is 15.0. The van der Waals surface area contributed by atoms with Crippen molar-refractivity contribution in [3.63, 3.8) is 0 Å². The summed E-state index contributed by atoms with van der Waals surface area (Å²) in [6, 6.07) is 13.8. The molecule has 0 radical (unpaired) electrons. The summed E-state index contributed by atoms with van der Waals surface area (Å²) < 4.78 is 30.1. The molecule has 138 valence electrons. The Kier molecular flexibility index (Phi) is 5.57. The highest BCUT2D eigenvalue weighted by atomic mass is 19.1. The molecule has 1 heterocycles. The predicted octanol–water partition coefficient (Wildman–Crippen LogP) is 4.19. The Bertz CT molecular complexity index is 979. The molecule has 0 saturated carbocycles. The van der Waals surface area contributed by atoms with E-state index in [4.69, 9.17) is 19.2 Å². The van der Waals surface area contributed by atoms with Gasteiger partial charge in [0, 0.05) is 19.0 Å². The average molecular weight is 367 g/mol. The third-order valence-corrected chi connectivity index (χ3v) is 3.86. The number of aromatic nitrogens is 1. The van der Waals surface area contributed by atoms with Gasteiger partial charge in [-0.05, 0) is 23.8 Å². The van der Waals surface area contributed by atoms with E-state index in [9.17, 15) is 4.39 Å². The van der Waals surface area contributed by atoms with Crippen LogP contribution in [0, 0.1) is 24.1 Å². The van der Waals surface area contributed by atoms with E-state index in [2.05, 4.69) is 10.3 Å². The first-order valence-electron chi connectivity index (χ1n) is 8.25. The predicted molar refractivity (Wildman–Crippen MR) is 97.0 cm³/mol. The number of anilines is 1. The fourth-order valence-corrected chi connectivity index (χ4v) is 2.52. The summed E-state index contributed by atoms with van der Waals surface area (Å²) in [6.45, 7) is 2.19. The van der Waals surface area contributed by atoms with Gasteiger partial charge < -0.3 is 19.2 Å². The van der Waals surface area contributed by atoms with Crippen molar-refractivity contribution in [2.45, 2.75) is 20.1 Å². The molecule has 2 aromatic carbocycles. The maximum atomic E-state index is 13.7. The van der Waals surface area contributed by atoms with Gasteiger partial charge in [-0.3, -0.25) is 0 Å². The van der Waals surface area contributed by atoms with Gasteiger partial charge in [0.25, 0.3) is 0 Å². The van der Waals surface area contributed by atoms with E-state index in [1.165, 1.54) is 13.2 Å². The van der Waals surface area contributed by atoms with Crippen LogP contribution >= 0.6 is 0 Å². The topological polar surface area (TPSA) is 80.3 Å². The largest absolute Gasteiger partial charge is 0.493 e. The van der Waals surface area contributed by atoms with Crippen LogP contribution in [0.3, 0.4) is 0 Å². The Hall–Kier alpha value is -3.53. The number of benzene rings is 2. The van der Waals surface area contributed by atoms with Crippen LogP contribution in [-0.2, 0) is 13.2 Å². The summed E-state index contributed by atoms with van der Waals surface area (Å²) in [5.74, 6) is 1.47. The van der Waals surface area contributed by atoms with E-state index in [1.54, 1.807) is 37.3 Å². The summed E-state index contributed by atoms with van der Waals surface area (Å²) in [7, 11) is 1.54. The van der Waals surface area contributed by atoms with Crippen LogP contribution in [0.2, 0.25) is 0 Å². The maximum Gasteiger partial charge on any atom is 0.232 e. The zero-order chi connectivity index (χ0) is 19.2. The molecule has 0 saturated heterocycles. The molecular formula is C20H18FN3O3. The molecule has 0 aliphatic rings. The molecule has 1 aromatic heterocycles. The lowest BCUT2D eigenvalue weighted by Gasteiger charge is -2.13. The van der Waals surface area contributed by atoms with Gasteiger partial charge in [-0.1, -0.05) is 24.3 Å². The van der Waals surface area contributed by atoms with Crippen LogP contribution in [0.25, 0.3) is 0 Å². The quantitative estimate of drug-likeness (QED) is 0.674. The van der Waals surface area contributed by atoms with Crippen molar-refractivity contribution in [1.29, 1.82) is 5.26 Å². The minimum absolute atomic E-state index is 0.101. The number of rotatable bonds is 7. The Balaban J connectivity index is 1.68. The van der Waals surface area contributed by atoms with E-state index < -0.39 is 0 Å². The highest BCUT2D eigenvalue weighted by molar-refractivity contribution is 5.47. The van der Waals surface area contributed by atoms with Crippen LogP contribution in [0.5, 0.6) is 11.5 Å². The number of aryl methyl sites for hydroxylation is 1. The summed E-state index contributed by atoms with van der Waals surface area (Å²) in [5, 5.41) is 12.1. The number of hydrogen-bond acceptors (Lipinski definition) is 6. The molecule has 7 heteroatoms. The SMILES string of the molecule is COc1cc(CNc2oc(C)nc2C#N)ccc1OCc1ccccc1F. The summed E-state index contributed by atoms with van der Waals surface area (Å²) >= 11 is 0. The van der Waals surface area contributed by atoms with Crippen molar-refractivity contribution < 1.29 is 18.3 Å². The number of nitrogens with zero attached hydrogens (tertiary/aromatic N) is 2. The molecule has 0 amide bonds. The second-order valence-electron chi connectivity index (χ2n) is 5.74. The standard InChI is InChI=1S/C20H18FN3O3/c1-13-24-17(10-22)20(27-13)23-11-14-7-8-18(19(9-14)25-2)26-12-15-5-3-4-6-16(15)21/h3-9,23H,11-12H2,1-2H3. The third-order valence-electron chi connectivity index (χ3n) is 3.86. The molecule has 6 nitrogen and oxygen atoms in total. The monoisotopic (exact) mass is 367 g/mol. The van der Waals surface area contributed by atoms with Crippen molar-refractivity contribution in [3.05, 3.63) is 71.0 Å². The number of halogens is 1. The summed E-state index contributed by atoms with van der Waals surface area (Å²) in [5.41, 5.74) is 1.57. The highest BCUT2D eigenvalue weighted by Crippen LogP contribution is 2.29. The normalized spacial score (nSPS) is 10.3. The van der Waals surface area contributed by atoms with Crippen molar-refractivity contribution in [2.75, 3.05) is 12.4 Å². The fourth-order valence-electron chi connectivity index (χ4n) is 2.52. The number of oxazole rings is 1. The lowest BCUT2D eigenvalue weighted by molar-refractivity contribution is 0.279. The second kappa shape index (κ2) is 8.23. The first kappa shape index (κ1) is 18.3. The molecule has 0 unspecified atom stereocenters. The summed E-state index contributed by atoms with van der Waals surface area (Å²) in [6.07, 6.45) is 0. The lowest BCUT2D eigenvalue weighted by atomic mass is 10.2. The minimum atomic E-state index is -0.312. The molecular weight excluding hydrogens is 349 g/mol. The van der Waals surface area contributed by atoms with Gasteiger partial charge in [0.15, 0.2) is 17.4 Å². The van der Waals surface area contributed by atoms with Gasteiger partial charge in [0.05, 0.1) is 7.11 Å². The Labute approximate surface area is 156 Å². The van der Waals surface area contributed by atoms with Crippen molar-refractivity contribution in [3.8, 4) is 17.6 Å². The van der Waals surface area contributed by atoms with Gasteiger partial charge in [-0.25, -0.2) is 9.37 Å². The fraction of sp³-hybridized carbons (Fsp3) is 0.200. The van der Waals surface area contributed by atoms with E-state index in [0.717, 1.165) is 5.56 Å². The molecule has 0 atom stereocenters. The van der Waals surface area contributed by atoms with E-state index >= 15 is 0 Å². The number of nitriles is 1. The molecule has 0 aliphatic carbocycles. The van der Waals surface area contributed by atoms with Crippen LogP contribution in [0.4, 0.5) is 10.3 Å². The van der Waals surface area contributed by atoms with Crippen molar-refractivity contribution in [1.82, 2.24) is 4.98 Å². The minimum Gasteiger partial charge on any atom is -0.493 e.